The van der Waals surface area contributed by atoms with E-state index < -0.39 is 6.29 Å². The van der Waals surface area contributed by atoms with E-state index in [1.165, 1.54) is 0 Å². The van der Waals surface area contributed by atoms with Gasteiger partial charge >= 0.3 is 0 Å². The third-order valence-electron chi connectivity index (χ3n) is 3.20. The molecule has 0 aliphatic carbocycles. The van der Waals surface area contributed by atoms with Crippen LogP contribution < -0.4 is 0 Å². The molecule has 1 aromatic carbocycles. The fourth-order valence-electron chi connectivity index (χ4n) is 2.48. The maximum absolute atomic E-state index is 12.1. The quantitative estimate of drug-likeness (QED) is 0.728. The summed E-state index contributed by atoms with van der Waals surface area (Å²) < 4.78 is 10.7. The summed E-state index contributed by atoms with van der Waals surface area (Å²) in [6.45, 7) is 0.455. The van der Waals surface area contributed by atoms with Crippen LogP contribution in [0.3, 0.4) is 0 Å². The van der Waals surface area contributed by atoms with Gasteiger partial charge in [0.15, 0.2) is 0 Å². The molecule has 2 aromatic rings. The summed E-state index contributed by atoms with van der Waals surface area (Å²) >= 11 is 0. The van der Waals surface area contributed by atoms with E-state index in [0.717, 1.165) is 22.2 Å². The predicted octanol–water partition coefficient (Wildman–Crippen LogP) is 1.78. The van der Waals surface area contributed by atoms with Gasteiger partial charge in [-0.1, -0.05) is 18.2 Å². The Balaban J connectivity index is 2.10. The number of carbonyl (C=O) groups is 1. The number of hydrogen-bond donors (Lipinski definition) is 1. The number of para-hydroxylation sites is 1. The van der Waals surface area contributed by atoms with Crippen molar-refractivity contribution >= 4 is 16.7 Å². The van der Waals surface area contributed by atoms with Crippen LogP contribution in [0.1, 0.15) is 22.2 Å². The summed E-state index contributed by atoms with van der Waals surface area (Å²) in [5.74, 6) is -0.0683. The molecular formula is C12H9NO3. The summed E-state index contributed by atoms with van der Waals surface area (Å²) in [4.78, 5) is 15.3. The zero-order valence-corrected chi connectivity index (χ0v) is 8.40. The summed E-state index contributed by atoms with van der Waals surface area (Å²) in [5.41, 5.74) is 2.59. The Hall–Kier alpha value is -1.65. The third-order valence-corrected chi connectivity index (χ3v) is 3.20. The number of Topliss-reactive ketones (excluding diaryl/α,β-unsaturated/α-hetero) is 1. The molecule has 1 aromatic heterocycles. The van der Waals surface area contributed by atoms with Gasteiger partial charge < -0.3 is 14.5 Å². The average Bonchev–Trinajstić information content (AvgIpc) is 2.90. The lowest BCUT2D eigenvalue weighted by Crippen LogP contribution is -2.26. The van der Waals surface area contributed by atoms with Gasteiger partial charge in [-0.15, -0.1) is 0 Å². The minimum Gasteiger partial charge on any atom is -0.356 e. The largest absolute Gasteiger partial charge is 0.356 e. The first-order valence-corrected chi connectivity index (χ1v) is 5.26. The number of ketones is 1. The fourth-order valence-corrected chi connectivity index (χ4v) is 2.48. The van der Waals surface area contributed by atoms with Crippen LogP contribution in [-0.4, -0.2) is 23.7 Å². The highest BCUT2D eigenvalue weighted by Gasteiger charge is 2.43. The van der Waals surface area contributed by atoms with Crippen LogP contribution in [0, 0.1) is 0 Å². The second kappa shape index (κ2) is 2.72. The van der Waals surface area contributed by atoms with Crippen LogP contribution in [0.4, 0.5) is 0 Å². The summed E-state index contributed by atoms with van der Waals surface area (Å²) in [6.07, 6.45) is -0.818. The van der Waals surface area contributed by atoms with E-state index in [9.17, 15) is 4.79 Å². The van der Waals surface area contributed by atoms with Crippen LogP contribution in [0.2, 0.25) is 0 Å². The van der Waals surface area contributed by atoms with Crippen LogP contribution in [0.25, 0.3) is 10.9 Å². The molecule has 80 valence electrons. The molecule has 0 unspecified atom stereocenters. The SMILES string of the molecule is O=C1c2c([nH]c3ccccc23)[C@H]2CO[C@@H]1O2. The zero-order chi connectivity index (χ0) is 10.7. The maximum Gasteiger partial charge on any atom is 0.223 e. The highest BCUT2D eigenvalue weighted by molar-refractivity contribution is 6.11. The molecule has 2 atom stereocenters. The average molecular weight is 215 g/mol. The fraction of sp³-hybridized carbons (Fsp3) is 0.250. The Kier molecular flexibility index (Phi) is 1.45. The number of carbonyl (C=O) groups excluding carboxylic acids is 1. The van der Waals surface area contributed by atoms with Crippen molar-refractivity contribution in [3.63, 3.8) is 0 Å². The molecule has 2 aliphatic heterocycles. The molecule has 16 heavy (non-hydrogen) atoms. The molecule has 4 rings (SSSR count). The molecule has 1 fully saturated rings. The second-order valence-electron chi connectivity index (χ2n) is 4.11. The first-order valence-electron chi connectivity index (χ1n) is 5.26. The molecule has 0 radical (unpaired) electrons. The van der Waals surface area contributed by atoms with Crippen LogP contribution in [0.5, 0.6) is 0 Å². The van der Waals surface area contributed by atoms with Gasteiger partial charge in [0, 0.05) is 10.9 Å². The number of aromatic nitrogens is 1. The highest BCUT2D eigenvalue weighted by atomic mass is 16.7. The summed E-state index contributed by atoms with van der Waals surface area (Å²) in [6, 6.07) is 7.80. The van der Waals surface area contributed by atoms with Crippen molar-refractivity contribution in [2.24, 2.45) is 0 Å². The Morgan fingerprint density at radius 2 is 2.19 bits per heavy atom. The molecule has 3 heterocycles. The molecule has 4 nitrogen and oxygen atoms in total. The Morgan fingerprint density at radius 3 is 3.12 bits per heavy atom. The monoisotopic (exact) mass is 215 g/mol. The lowest BCUT2D eigenvalue weighted by Gasteiger charge is -2.16. The molecule has 2 aliphatic rings. The van der Waals surface area contributed by atoms with Gasteiger partial charge in [0.25, 0.3) is 0 Å². The van der Waals surface area contributed by atoms with Crippen LogP contribution in [-0.2, 0) is 9.47 Å². The number of H-pyrrole nitrogens is 1. The maximum atomic E-state index is 12.1. The van der Waals surface area contributed by atoms with E-state index in [2.05, 4.69) is 4.98 Å². The van der Waals surface area contributed by atoms with Crippen molar-refractivity contribution in [2.75, 3.05) is 6.61 Å². The van der Waals surface area contributed by atoms with E-state index in [1.807, 2.05) is 24.3 Å². The van der Waals surface area contributed by atoms with Gasteiger partial charge in [0.05, 0.1) is 17.9 Å². The predicted molar refractivity (Wildman–Crippen MR) is 56.2 cm³/mol. The number of aromatic amines is 1. The minimum atomic E-state index is -0.697. The minimum absolute atomic E-state index is 0.0683. The Bertz CT molecular complexity index is 601. The number of fused-ring (bicyclic) bond motifs is 6. The molecule has 0 saturated carbocycles. The first kappa shape index (κ1) is 8.50. The standard InChI is InChI=1S/C12H9NO3/c14-11-9-6-3-1-2-4-7(6)13-10(9)8-5-15-12(11)16-8/h1-4,8,12-13H,5H2/t8-,12-/m1/s1. The molecule has 0 amide bonds. The molecule has 1 saturated heterocycles. The molecule has 2 bridgehead atoms. The van der Waals surface area contributed by atoms with Gasteiger partial charge in [-0.25, -0.2) is 0 Å². The van der Waals surface area contributed by atoms with Crippen molar-refractivity contribution in [3.8, 4) is 0 Å². The van der Waals surface area contributed by atoms with Gasteiger partial charge in [-0.3, -0.25) is 4.79 Å². The number of hydrogen-bond acceptors (Lipinski definition) is 3. The summed E-state index contributed by atoms with van der Waals surface area (Å²) in [5, 5.41) is 0.964. The van der Waals surface area contributed by atoms with Crippen molar-refractivity contribution < 1.29 is 14.3 Å². The Morgan fingerprint density at radius 1 is 1.31 bits per heavy atom. The van der Waals surface area contributed by atoms with Gasteiger partial charge in [-0.05, 0) is 6.07 Å². The highest BCUT2D eigenvalue weighted by Crippen LogP contribution is 2.39. The summed E-state index contributed by atoms with van der Waals surface area (Å²) in [7, 11) is 0. The van der Waals surface area contributed by atoms with Crippen LogP contribution >= 0.6 is 0 Å². The lowest BCUT2D eigenvalue weighted by molar-refractivity contribution is -0.0408. The van der Waals surface area contributed by atoms with E-state index in [-0.39, 0.29) is 11.9 Å². The normalized spacial score (nSPS) is 27.4. The van der Waals surface area contributed by atoms with Gasteiger partial charge in [0.2, 0.25) is 12.1 Å². The van der Waals surface area contributed by atoms with Crippen LogP contribution in [0.15, 0.2) is 24.3 Å². The molecular weight excluding hydrogens is 206 g/mol. The molecule has 1 N–H and O–H groups in total. The van der Waals surface area contributed by atoms with Crippen molar-refractivity contribution in [2.45, 2.75) is 12.4 Å². The number of benzene rings is 1. The van der Waals surface area contributed by atoms with Crippen molar-refractivity contribution in [1.29, 1.82) is 0 Å². The van der Waals surface area contributed by atoms with Gasteiger partial charge in [0.1, 0.15) is 6.10 Å². The van der Waals surface area contributed by atoms with Crippen molar-refractivity contribution in [3.05, 3.63) is 35.5 Å². The molecule has 4 heteroatoms. The zero-order valence-electron chi connectivity index (χ0n) is 8.40. The lowest BCUT2D eigenvalue weighted by atomic mass is 10.0. The number of rotatable bonds is 0. The number of ether oxygens (including phenoxy) is 2. The number of nitrogens with one attached hydrogen (secondary N) is 1. The smallest absolute Gasteiger partial charge is 0.223 e. The van der Waals surface area contributed by atoms with E-state index in [4.69, 9.17) is 9.47 Å². The third kappa shape index (κ3) is 0.887. The van der Waals surface area contributed by atoms with Crippen molar-refractivity contribution in [1.82, 2.24) is 4.98 Å². The van der Waals surface area contributed by atoms with E-state index >= 15 is 0 Å². The topological polar surface area (TPSA) is 51.3 Å². The molecule has 0 spiro atoms. The first-order chi connectivity index (χ1) is 7.84. The van der Waals surface area contributed by atoms with E-state index in [0.29, 0.717) is 6.61 Å². The van der Waals surface area contributed by atoms with E-state index in [1.54, 1.807) is 0 Å². The Labute approximate surface area is 91.2 Å². The second-order valence-corrected chi connectivity index (χ2v) is 4.11. The van der Waals surface area contributed by atoms with Gasteiger partial charge in [-0.2, -0.15) is 0 Å².